The molecule has 0 spiro atoms. The van der Waals surface area contributed by atoms with Crippen molar-refractivity contribution in [1.29, 1.82) is 0 Å². The van der Waals surface area contributed by atoms with E-state index in [-0.39, 0.29) is 24.2 Å². The fourth-order valence-corrected chi connectivity index (χ4v) is 2.86. The van der Waals surface area contributed by atoms with Crippen molar-refractivity contribution in [3.63, 3.8) is 0 Å². The number of hydrogen-bond acceptors (Lipinski definition) is 5. The second-order valence-electron chi connectivity index (χ2n) is 5.03. The average Bonchev–Trinajstić information content (AvgIpc) is 2.84. The maximum absolute atomic E-state index is 12.1. The maximum Gasteiger partial charge on any atom is 0.271 e. The molecule has 3 rings (SSSR count). The van der Waals surface area contributed by atoms with Crippen LogP contribution in [-0.4, -0.2) is 34.7 Å². The van der Waals surface area contributed by atoms with Crippen molar-refractivity contribution in [2.75, 3.05) is 11.5 Å². The number of nitro groups is 1. The first kappa shape index (κ1) is 12.9. The number of carbonyl (C=O) groups excluding carboxylic acids is 1. The molecule has 1 fully saturated rings. The fourth-order valence-electron chi connectivity index (χ4n) is 2.86. The van der Waals surface area contributed by atoms with Gasteiger partial charge in [-0.05, 0) is 25.3 Å². The van der Waals surface area contributed by atoms with Crippen LogP contribution in [0.2, 0.25) is 0 Å². The molecule has 1 aromatic rings. The monoisotopic (exact) mass is 278 g/mol. The number of amides is 1. The predicted octanol–water partition coefficient (Wildman–Crippen LogP) is 1.23. The largest absolute Gasteiger partial charge is 0.482 e. The third-order valence-corrected chi connectivity index (χ3v) is 3.81. The molecule has 0 saturated heterocycles. The number of non-ortho nitro benzene ring substituents is 1. The van der Waals surface area contributed by atoms with Crippen molar-refractivity contribution >= 4 is 17.3 Å². The summed E-state index contributed by atoms with van der Waals surface area (Å²) in [7, 11) is 0. The van der Waals surface area contributed by atoms with E-state index >= 15 is 0 Å². The predicted molar refractivity (Wildman–Crippen MR) is 69.7 cm³/mol. The highest BCUT2D eigenvalue weighted by Gasteiger charge is 2.38. The van der Waals surface area contributed by atoms with Gasteiger partial charge in [0.1, 0.15) is 5.75 Å². The molecule has 1 amide bonds. The molecule has 1 aliphatic heterocycles. The molecular formula is C13H14N2O5. The smallest absolute Gasteiger partial charge is 0.271 e. The van der Waals surface area contributed by atoms with Gasteiger partial charge in [-0.25, -0.2) is 0 Å². The molecule has 2 aliphatic rings. The van der Waals surface area contributed by atoms with Crippen molar-refractivity contribution in [3.05, 3.63) is 28.3 Å². The summed E-state index contributed by atoms with van der Waals surface area (Å²) < 4.78 is 5.30. The van der Waals surface area contributed by atoms with Crippen molar-refractivity contribution < 1.29 is 19.6 Å². The average molecular weight is 278 g/mol. The molecule has 1 N–H and O–H groups in total. The lowest BCUT2D eigenvalue weighted by Crippen LogP contribution is -2.48. The fraction of sp³-hybridized carbons (Fsp3) is 0.462. The van der Waals surface area contributed by atoms with E-state index in [9.17, 15) is 20.0 Å². The van der Waals surface area contributed by atoms with E-state index in [4.69, 9.17) is 4.74 Å². The number of anilines is 1. The minimum Gasteiger partial charge on any atom is -0.482 e. The topological polar surface area (TPSA) is 92.9 Å². The van der Waals surface area contributed by atoms with Crippen molar-refractivity contribution in [1.82, 2.24) is 0 Å². The zero-order valence-electron chi connectivity index (χ0n) is 10.7. The summed E-state index contributed by atoms with van der Waals surface area (Å²) in [6.45, 7) is -0.103. The quantitative estimate of drug-likeness (QED) is 0.648. The Morgan fingerprint density at radius 3 is 2.85 bits per heavy atom. The molecule has 0 bridgehead atoms. The normalized spacial score (nSPS) is 25.2. The highest BCUT2D eigenvalue weighted by Crippen LogP contribution is 2.39. The Morgan fingerprint density at radius 1 is 1.40 bits per heavy atom. The first-order valence-corrected chi connectivity index (χ1v) is 6.49. The number of hydrogen-bond donors (Lipinski definition) is 1. The van der Waals surface area contributed by atoms with Gasteiger partial charge in [0.15, 0.2) is 6.61 Å². The van der Waals surface area contributed by atoms with E-state index in [1.807, 2.05) is 0 Å². The summed E-state index contributed by atoms with van der Waals surface area (Å²) >= 11 is 0. The molecule has 0 unspecified atom stereocenters. The summed E-state index contributed by atoms with van der Waals surface area (Å²) in [6.07, 6.45) is 1.57. The summed E-state index contributed by atoms with van der Waals surface area (Å²) in [5.41, 5.74) is 0.279. The molecule has 7 heteroatoms. The number of aliphatic hydroxyl groups is 1. The molecule has 1 heterocycles. The maximum atomic E-state index is 12.1. The van der Waals surface area contributed by atoms with Crippen LogP contribution in [0.3, 0.4) is 0 Å². The number of rotatable bonds is 2. The number of ether oxygens (including phenoxy) is 1. The lowest BCUT2D eigenvalue weighted by molar-refractivity contribution is -0.384. The van der Waals surface area contributed by atoms with Crippen LogP contribution in [0.25, 0.3) is 0 Å². The summed E-state index contributed by atoms with van der Waals surface area (Å²) in [5.74, 6) is 0.165. The Bertz CT molecular complexity index is 574. The lowest BCUT2D eigenvalue weighted by Gasteiger charge is -2.35. The SMILES string of the molecule is O=C1COc2ccc([N+](=O)[O-])cc2N1[C@H]1CCC[C@@H]1O. The van der Waals surface area contributed by atoms with Gasteiger partial charge in [-0.15, -0.1) is 0 Å². The van der Waals surface area contributed by atoms with Gasteiger partial charge in [-0.3, -0.25) is 14.9 Å². The second kappa shape index (κ2) is 4.75. The van der Waals surface area contributed by atoms with Crippen LogP contribution < -0.4 is 9.64 Å². The van der Waals surface area contributed by atoms with Crippen LogP contribution in [0.4, 0.5) is 11.4 Å². The zero-order valence-corrected chi connectivity index (χ0v) is 10.7. The van der Waals surface area contributed by atoms with Crippen LogP contribution in [0.5, 0.6) is 5.75 Å². The van der Waals surface area contributed by atoms with Crippen LogP contribution in [0, 0.1) is 10.1 Å². The third-order valence-electron chi connectivity index (χ3n) is 3.81. The number of fused-ring (bicyclic) bond motifs is 1. The van der Waals surface area contributed by atoms with Crippen LogP contribution in [0.15, 0.2) is 18.2 Å². The van der Waals surface area contributed by atoms with Crippen molar-refractivity contribution in [3.8, 4) is 5.75 Å². The minimum atomic E-state index is -0.593. The van der Waals surface area contributed by atoms with E-state index in [2.05, 4.69) is 0 Å². The third kappa shape index (κ3) is 2.00. The first-order valence-electron chi connectivity index (χ1n) is 6.49. The number of carbonyl (C=O) groups is 1. The van der Waals surface area contributed by atoms with E-state index in [0.717, 1.165) is 6.42 Å². The van der Waals surface area contributed by atoms with Gasteiger partial charge in [0.2, 0.25) is 0 Å². The van der Waals surface area contributed by atoms with Gasteiger partial charge >= 0.3 is 0 Å². The van der Waals surface area contributed by atoms with E-state index in [1.165, 1.54) is 23.1 Å². The van der Waals surface area contributed by atoms with Crippen molar-refractivity contribution in [2.45, 2.75) is 31.4 Å². The molecule has 0 aromatic heterocycles. The van der Waals surface area contributed by atoms with Gasteiger partial charge in [-0.1, -0.05) is 0 Å². The molecule has 20 heavy (non-hydrogen) atoms. The van der Waals surface area contributed by atoms with Gasteiger partial charge in [0.05, 0.1) is 22.8 Å². The summed E-state index contributed by atoms with van der Waals surface area (Å²) in [6, 6.07) is 3.84. The molecule has 0 radical (unpaired) electrons. The Hall–Kier alpha value is -2.15. The van der Waals surface area contributed by atoms with Gasteiger partial charge in [0.25, 0.3) is 11.6 Å². The summed E-state index contributed by atoms with van der Waals surface area (Å²) in [4.78, 5) is 23.9. The van der Waals surface area contributed by atoms with E-state index in [1.54, 1.807) is 0 Å². The lowest BCUT2D eigenvalue weighted by atomic mass is 10.1. The van der Waals surface area contributed by atoms with Crippen LogP contribution in [0.1, 0.15) is 19.3 Å². The highest BCUT2D eigenvalue weighted by atomic mass is 16.6. The minimum absolute atomic E-state index is 0.0977. The number of benzene rings is 1. The molecule has 1 aliphatic carbocycles. The Morgan fingerprint density at radius 2 is 2.20 bits per heavy atom. The molecule has 7 nitrogen and oxygen atoms in total. The second-order valence-corrected chi connectivity index (χ2v) is 5.03. The number of nitro benzene ring substituents is 1. The number of aliphatic hydroxyl groups excluding tert-OH is 1. The highest BCUT2D eigenvalue weighted by molar-refractivity contribution is 5.99. The van der Waals surface area contributed by atoms with Gasteiger partial charge in [-0.2, -0.15) is 0 Å². The molecular weight excluding hydrogens is 264 g/mol. The molecule has 106 valence electrons. The Balaban J connectivity index is 2.05. The molecule has 1 saturated carbocycles. The van der Waals surface area contributed by atoms with Crippen LogP contribution in [-0.2, 0) is 4.79 Å². The van der Waals surface area contributed by atoms with E-state index in [0.29, 0.717) is 24.3 Å². The number of nitrogens with zero attached hydrogens (tertiary/aromatic N) is 2. The first-order chi connectivity index (χ1) is 9.58. The van der Waals surface area contributed by atoms with Gasteiger partial charge < -0.3 is 14.7 Å². The van der Waals surface area contributed by atoms with Crippen molar-refractivity contribution in [2.24, 2.45) is 0 Å². The van der Waals surface area contributed by atoms with Crippen LogP contribution >= 0.6 is 0 Å². The Labute approximate surface area is 114 Å². The standard InChI is InChI=1S/C13H14N2O5/c16-11-3-1-2-9(11)14-10-6-8(15(18)19)4-5-12(10)20-7-13(14)17/h4-6,9,11,16H,1-3,7H2/t9-,11-/m0/s1. The summed E-state index contributed by atoms with van der Waals surface area (Å²) in [5, 5.41) is 20.9. The Kier molecular flexibility index (Phi) is 3.06. The van der Waals surface area contributed by atoms with E-state index < -0.39 is 11.0 Å². The van der Waals surface area contributed by atoms with Gasteiger partial charge in [0, 0.05) is 12.1 Å². The zero-order chi connectivity index (χ0) is 14.3. The molecule has 2 atom stereocenters. The molecule has 1 aromatic carbocycles.